The average Bonchev–Trinajstić information content (AvgIpc) is 2.30. The largest absolute Gasteiger partial charge is 0.478 e. The van der Waals surface area contributed by atoms with Gasteiger partial charge in [-0.1, -0.05) is 0 Å². The van der Waals surface area contributed by atoms with Gasteiger partial charge in [-0.25, -0.2) is 22.0 Å². The third-order valence-electron chi connectivity index (χ3n) is 2.40. The zero-order valence-corrected chi connectivity index (χ0v) is 15.3. The Morgan fingerprint density at radius 1 is 0.591 bits per heavy atom. The van der Waals surface area contributed by atoms with E-state index in [1.165, 1.54) is 0 Å². The predicted molar refractivity (Wildman–Crippen MR) is 80.5 cm³/mol. The summed E-state index contributed by atoms with van der Waals surface area (Å²) in [5.74, 6) is -10.0. The molecule has 0 aromatic heterocycles. The first kappa shape index (κ1) is 19.3. The van der Waals surface area contributed by atoms with E-state index in [4.69, 9.17) is 8.69 Å². The van der Waals surface area contributed by atoms with Crippen molar-refractivity contribution >= 4 is 29.2 Å². The van der Waals surface area contributed by atoms with E-state index in [0.717, 1.165) is 0 Å². The van der Waals surface area contributed by atoms with Crippen LogP contribution in [0.4, 0.5) is 22.0 Å². The lowest BCUT2D eigenvalue weighted by Gasteiger charge is -2.29. The first-order chi connectivity index (χ1) is 9.74. The van der Waals surface area contributed by atoms with Gasteiger partial charge in [0.1, 0.15) is 0 Å². The quantitative estimate of drug-likeness (QED) is 0.346. The monoisotopic (exact) mass is 356 g/mol. The molecule has 0 heterocycles. The second kappa shape index (κ2) is 6.42. The highest BCUT2D eigenvalue weighted by Crippen LogP contribution is 2.20. The van der Waals surface area contributed by atoms with Crippen molar-refractivity contribution in [3.8, 4) is 0 Å². The van der Waals surface area contributed by atoms with Crippen LogP contribution in [0.5, 0.6) is 0 Å². The lowest BCUT2D eigenvalue weighted by molar-refractivity contribution is 0.375. The summed E-state index contributed by atoms with van der Waals surface area (Å²) in [6.45, 7) is 10.3. The summed E-state index contributed by atoms with van der Waals surface area (Å²) in [7, 11) is -6.37. The molecule has 22 heavy (non-hydrogen) atoms. The summed E-state index contributed by atoms with van der Waals surface area (Å²) in [5, 5.41) is 0. The lowest BCUT2D eigenvalue weighted by atomic mass is 9.79. The minimum atomic E-state index is -2.37. The fraction of sp³-hybridized carbons (Fsp3) is 0.500. The van der Waals surface area contributed by atoms with Crippen LogP contribution in [0.2, 0.25) is 39.3 Å². The van der Waals surface area contributed by atoms with Gasteiger partial charge in [0.25, 0.3) is 0 Å². The third-order valence-corrected chi connectivity index (χ3v) is 4.24. The molecular formula is C12H18BF5O2Si2. The molecule has 0 fully saturated rings. The normalized spacial score (nSPS) is 12.7. The maximum Gasteiger partial charge on any atom is 0.478 e. The SMILES string of the molecule is C[Si](C)(C)OB(O[Si](C)(C)C)c1c(F)c(F)c(F)c(F)c1F. The highest BCUT2D eigenvalue weighted by atomic mass is 28.4. The van der Waals surface area contributed by atoms with E-state index < -0.39 is 58.3 Å². The molecule has 1 rings (SSSR count). The Labute approximate surface area is 129 Å². The average molecular weight is 356 g/mol. The van der Waals surface area contributed by atoms with Gasteiger partial charge in [-0.15, -0.1) is 0 Å². The van der Waals surface area contributed by atoms with Crippen LogP contribution in [0.25, 0.3) is 0 Å². The molecule has 0 bridgehead atoms. The molecule has 0 aliphatic carbocycles. The Hall–Kier alpha value is -0.711. The van der Waals surface area contributed by atoms with Gasteiger partial charge < -0.3 is 8.69 Å². The zero-order chi connectivity index (χ0) is 17.5. The van der Waals surface area contributed by atoms with Crippen LogP contribution in [0.15, 0.2) is 0 Å². The fourth-order valence-corrected chi connectivity index (χ4v) is 3.33. The minimum Gasteiger partial charge on any atom is -0.450 e. The summed E-state index contributed by atoms with van der Waals surface area (Å²) in [4.78, 5) is 0. The van der Waals surface area contributed by atoms with E-state index in [1.54, 1.807) is 39.3 Å². The Bertz CT molecular complexity index is 527. The van der Waals surface area contributed by atoms with Gasteiger partial charge >= 0.3 is 7.12 Å². The summed E-state index contributed by atoms with van der Waals surface area (Å²) >= 11 is 0. The Morgan fingerprint density at radius 2 is 0.864 bits per heavy atom. The van der Waals surface area contributed by atoms with Crippen molar-refractivity contribution in [1.29, 1.82) is 0 Å². The van der Waals surface area contributed by atoms with Crippen molar-refractivity contribution in [2.24, 2.45) is 0 Å². The van der Waals surface area contributed by atoms with Crippen LogP contribution < -0.4 is 5.46 Å². The Balaban J connectivity index is 3.49. The van der Waals surface area contributed by atoms with Crippen LogP contribution in [0, 0.1) is 29.1 Å². The smallest absolute Gasteiger partial charge is 0.450 e. The second-order valence-corrected chi connectivity index (χ2v) is 15.7. The maximum absolute atomic E-state index is 14.0. The van der Waals surface area contributed by atoms with Crippen LogP contribution in [-0.2, 0) is 8.69 Å². The number of hydrogen-bond acceptors (Lipinski definition) is 2. The summed E-state index contributed by atoms with van der Waals surface area (Å²) in [6.07, 6.45) is 0. The summed E-state index contributed by atoms with van der Waals surface area (Å²) in [6, 6.07) is 0. The van der Waals surface area contributed by atoms with E-state index in [9.17, 15) is 22.0 Å². The summed E-state index contributed by atoms with van der Waals surface area (Å²) < 4.78 is 78.9. The molecule has 0 spiro atoms. The molecule has 0 aliphatic heterocycles. The first-order valence-electron chi connectivity index (χ1n) is 6.61. The van der Waals surface area contributed by atoms with Crippen molar-refractivity contribution in [3.05, 3.63) is 29.1 Å². The molecule has 0 atom stereocenters. The van der Waals surface area contributed by atoms with Gasteiger partial charge in [-0.3, -0.25) is 0 Å². The lowest BCUT2D eigenvalue weighted by Crippen LogP contribution is -2.52. The highest BCUT2D eigenvalue weighted by molar-refractivity contribution is 6.85. The standard InChI is InChI=1S/C12H18BF5O2Si2/c1-21(2,3)19-13(20-22(4,5)6)7-8(14)10(16)12(18)11(17)9(7)15/h1-6H3. The molecule has 2 nitrogen and oxygen atoms in total. The Morgan fingerprint density at radius 3 is 1.14 bits per heavy atom. The van der Waals surface area contributed by atoms with Crippen LogP contribution in [0.1, 0.15) is 0 Å². The van der Waals surface area contributed by atoms with Crippen LogP contribution >= 0.6 is 0 Å². The van der Waals surface area contributed by atoms with Gasteiger partial charge in [0, 0.05) is 0 Å². The zero-order valence-electron chi connectivity index (χ0n) is 13.3. The molecule has 0 saturated carbocycles. The first-order valence-corrected chi connectivity index (χ1v) is 13.4. The Kier molecular flexibility index (Phi) is 5.64. The molecule has 0 amide bonds. The van der Waals surface area contributed by atoms with E-state index in [2.05, 4.69) is 0 Å². The molecule has 0 radical (unpaired) electrons. The van der Waals surface area contributed by atoms with Crippen molar-refractivity contribution in [2.45, 2.75) is 39.3 Å². The van der Waals surface area contributed by atoms with Gasteiger partial charge in [0.15, 0.2) is 45.7 Å². The predicted octanol–water partition coefficient (Wildman–Crippen LogP) is 3.78. The van der Waals surface area contributed by atoms with Gasteiger partial charge in [-0.05, 0) is 39.3 Å². The maximum atomic E-state index is 14.0. The van der Waals surface area contributed by atoms with Gasteiger partial charge in [0.05, 0.1) is 5.46 Å². The molecular weight excluding hydrogens is 338 g/mol. The molecule has 0 N–H and O–H groups in total. The minimum absolute atomic E-state index is 1.07. The highest BCUT2D eigenvalue weighted by Gasteiger charge is 2.40. The van der Waals surface area contributed by atoms with Crippen molar-refractivity contribution in [1.82, 2.24) is 0 Å². The van der Waals surface area contributed by atoms with Crippen molar-refractivity contribution < 1.29 is 30.6 Å². The van der Waals surface area contributed by atoms with Crippen molar-refractivity contribution in [2.75, 3.05) is 0 Å². The molecule has 0 unspecified atom stereocenters. The molecule has 124 valence electrons. The molecule has 10 heteroatoms. The molecule has 1 aromatic carbocycles. The van der Waals surface area contributed by atoms with E-state index in [-0.39, 0.29) is 0 Å². The van der Waals surface area contributed by atoms with Crippen molar-refractivity contribution in [3.63, 3.8) is 0 Å². The topological polar surface area (TPSA) is 18.5 Å². The summed E-state index contributed by atoms with van der Waals surface area (Å²) in [5.41, 5.74) is -1.07. The van der Waals surface area contributed by atoms with E-state index >= 15 is 0 Å². The fourth-order valence-electron chi connectivity index (χ4n) is 1.61. The molecule has 1 aromatic rings. The number of benzene rings is 1. The number of halogens is 5. The third kappa shape index (κ3) is 4.64. The van der Waals surface area contributed by atoms with Gasteiger partial charge in [0.2, 0.25) is 0 Å². The van der Waals surface area contributed by atoms with Crippen LogP contribution in [0.3, 0.4) is 0 Å². The van der Waals surface area contributed by atoms with E-state index in [0.29, 0.717) is 0 Å². The second-order valence-electron chi connectivity index (χ2n) is 6.78. The number of rotatable bonds is 5. The van der Waals surface area contributed by atoms with Crippen LogP contribution in [-0.4, -0.2) is 23.8 Å². The van der Waals surface area contributed by atoms with E-state index in [1.807, 2.05) is 0 Å². The number of hydrogen-bond donors (Lipinski definition) is 0. The molecule has 0 saturated heterocycles. The van der Waals surface area contributed by atoms with Gasteiger partial charge in [-0.2, -0.15) is 0 Å². The molecule has 0 aliphatic rings.